The normalized spacial score (nSPS) is 13.6. The van der Waals surface area contributed by atoms with Gasteiger partial charge in [-0.2, -0.15) is 0 Å². The van der Waals surface area contributed by atoms with E-state index in [2.05, 4.69) is 38.0 Å². The van der Waals surface area contributed by atoms with Crippen LogP contribution in [-0.2, 0) is 6.54 Å². The summed E-state index contributed by atoms with van der Waals surface area (Å²) in [5, 5.41) is 3.53. The summed E-state index contributed by atoms with van der Waals surface area (Å²) in [7, 11) is 2.13. The fourth-order valence-electron chi connectivity index (χ4n) is 1.49. The molecule has 0 aromatic carbocycles. The van der Waals surface area contributed by atoms with E-state index < -0.39 is 0 Å². The fourth-order valence-corrected chi connectivity index (χ4v) is 1.49. The van der Waals surface area contributed by atoms with Crippen molar-refractivity contribution in [1.29, 1.82) is 0 Å². The molecule has 1 aromatic rings. The van der Waals surface area contributed by atoms with Crippen LogP contribution in [-0.4, -0.2) is 31.1 Å². The highest BCUT2D eigenvalue weighted by Crippen LogP contribution is 2.03. The molecule has 3 nitrogen and oxygen atoms in total. The number of rotatable bonds is 7. The largest absolute Gasteiger partial charge is 0.472 e. The quantitative estimate of drug-likeness (QED) is 0.770. The van der Waals surface area contributed by atoms with Crippen LogP contribution in [0.2, 0.25) is 0 Å². The van der Waals surface area contributed by atoms with Crippen LogP contribution in [0.15, 0.2) is 23.0 Å². The standard InChI is InChI=1S/C13H24N2O/c1-11(2)12(3)14-6-7-15(4)9-13-5-8-16-10-13/h5,8,10-12,14H,6-7,9H2,1-4H3. The average Bonchev–Trinajstić information content (AvgIpc) is 2.70. The minimum atomic E-state index is 0.585. The molecule has 0 fully saturated rings. The summed E-state index contributed by atoms with van der Waals surface area (Å²) >= 11 is 0. The number of likely N-dealkylation sites (N-methyl/N-ethyl adjacent to an activating group) is 1. The second-order valence-electron chi connectivity index (χ2n) is 4.86. The molecule has 1 unspecified atom stereocenters. The first kappa shape index (κ1) is 13.3. The van der Waals surface area contributed by atoms with Gasteiger partial charge in [-0.15, -0.1) is 0 Å². The van der Waals surface area contributed by atoms with Crippen LogP contribution >= 0.6 is 0 Å². The van der Waals surface area contributed by atoms with Crippen LogP contribution in [0.25, 0.3) is 0 Å². The molecule has 1 N–H and O–H groups in total. The lowest BCUT2D eigenvalue weighted by molar-refractivity contribution is 0.307. The topological polar surface area (TPSA) is 28.4 Å². The third-order valence-corrected chi connectivity index (χ3v) is 2.99. The highest BCUT2D eigenvalue weighted by molar-refractivity contribution is 5.04. The van der Waals surface area contributed by atoms with Gasteiger partial charge in [0.15, 0.2) is 0 Å². The summed E-state index contributed by atoms with van der Waals surface area (Å²) in [5.74, 6) is 0.694. The molecule has 0 saturated carbocycles. The van der Waals surface area contributed by atoms with Gasteiger partial charge in [-0.05, 0) is 26.0 Å². The SMILES string of the molecule is CC(C)C(C)NCCN(C)Cc1ccoc1. The van der Waals surface area contributed by atoms with Crippen molar-refractivity contribution in [3.05, 3.63) is 24.2 Å². The van der Waals surface area contributed by atoms with E-state index in [1.54, 1.807) is 12.5 Å². The third kappa shape index (κ3) is 4.81. The van der Waals surface area contributed by atoms with Crippen LogP contribution in [0, 0.1) is 5.92 Å². The number of hydrogen-bond acceptors (Lipinski definition) is 3. The van der Waals surface area contributed by atoms with Gasteiger partial charge in [0.2, 0.25) is 0 Å². The molecule has 1 heterocycles. The number of nitrogens with one attached hydrogen (secondary N) is 1. The maximum Gasteiger partial charge on any atom is 0.0947 e. The summed E-state index contributed by atoms with van der Waals surface area (Å²) in [5.41, 5.74) is 1.24. The maximum atomic E-state index is 5.05. The number of furan rings is 1. The molecule has 0 aliphatic carbocycles. The van der Waals surface area contributed by atoms with Gasteiger partial charge in [0, 0.05) is 31.2 Å². The molecule has 0 aliphatic heterocycles. The Kier molecular flexibility index (Phi) is 5.56. The molecule has 1 atom stereocenters. The van der Waals surface area contributed by atoms with Gasteiger partial charge in [0.05, 0.1) is 12.5 Å². The lowest BCUT2D eigenvalue weighted by atomic mass is 10.1. The first-order chi connectivity index (χ1) is 7.59. The van der Waals surface area contributed by atoms with E-state index in [0.717, 1.165) is 19.6 Å². The Hall–Kier alpha value is -0.800. The molecule has 3 heteroatoms. The molecule has 0 bridgehead atoms. The van der Waals surface area contributed by atoms with Gasteiger partial charge in [0.25, 0.3) is 0 Å². The van der Waals surface area contributed by atoms with E-state index in [9.17, 15) is 0 Å². The molecular weight excluding hydrogens is 200 g/mol. The summed E-state index contributed by atoms with van der Waals surface area (Å²) in [4.78, 5) is 2.30. The van der Waals surface area contributed by atoms with E-state index in [4.69, 9.17) is 4.42 Å². The summed E-state index contributed by atoms with van der Waals surface area (Å²) in [6.07, 6.45) is 3.53. The Labute approximate surface area is 98.8 Å². The van der Waals surface area contributed by atoms with Gasteiger partial charge in [0.1, 0.15) is 0 Å². The highest BCUT2D eigenvalue weighted by atomic mass is 16.3. The zero-order valence-electron chi connectivity index (χ0n) is 10.9. The van der Waals surface area contributed by atoms with Gasteiger partial charge in [-0.3, -0.25) is 0 Å². The Balaban J connectivity index is 2.13. The van der Waals surface area contributed by atoms with E-state index in [1.807, 2.05) is 6.07 Å². The van der Waals surface area contributed by atoms with Crippen molar-refractivity contribution in [2.75, 3.05) is 20.1 Å². The zero-order chi connectivity index (χ0) is 12.0. The lowest BCUT2D eigenvalue weighted by Crippen LogP contribution is -2.36. The van der Waals surface area contributed by atoms with Crippen molar-refractivity contribution >= 4 is 0 Å². The minimum absolute atomic E-state index is 0.585. The fraction of sp³-hybridized carbons (Fsp3) is 0.692. The van der Waals surface area contributed by atoms with E-state index in [-0.39, 0.29) is 0 Å². The average molecular weight is 224 g/mol. The van der Waals surface area contributed by atoms with E-state index >= 15 is 0 Å². The second kappa shape index (κ2) is 6.71. The van der Waals surface area contributed by atoms with Crippen molar-refractivity contribution in [1.82, 2.24) is 10.2 Å². The summed E-state index contributed by atoms with van der Waals surface area (Å²) in [6, 6.07) is 2.60. The molecule has 0 amide bonds. The maximum absolute atomic E-state index is 5.05. The molecule has 0 aliphatic rings. The van der Waals surface area contributed by atoms with Crippen LogP contribution in [0.3, 0.4) is 0 Å². The highest BCUT2D eigenvalue weighted by Gasteiger charge is 2.06. The molecule has 0 saturated heterocycles. The van der Waals surface area contributed by atoms with Gasteiger partial charge in [-0.25, -0.2) is 0 Å². The molecule has 16 heavy (non-hydrogen) atoms. The van der Waals surface area contributed by atoms with Crippen LogP contribution in [0.4, 0.5) is 0 Å². The van der Waals surface area contributed by atoms with E-state index in [0.29, 0.717) is 12.0 Å². The number of hydrogen-bond donors (Lipinski definition) is 1. The van der Waals surface area contributed by atoms with Crippen molar-refractivity contribution in [3.63, 3.8) is 0 Å². The van der Waals surface area contributed by atoms with Crippen LogP contribution in [0.1, 0.15) is 26.3 Å². The Morgan fingerprint density at radius 2 is 2.12 bits per heavy atom. The van der Waals surface area contributed by atoms with Crippen molar-refractivity contribution in [2.24, 2.45) is 5.92 Å². The number of nitrogens with zero attached hydrogens (tertiary/aromatic N) is 1. The van der Waals surface area contributed by atoms with Crippen LogP contribution in [0.5, 0.6) is 0 Å². The van der Waals surface area contributed by atoms with Crippen molar-refractivity contribution in [3.8, 4) is 0 Å². The van der Waals surface area contributed by atoms with Gasteiger partial charge in [-0.1, -0.05) is 13.8 Å². The molecular formula is C13H24N2O. The lowest BCUT2D eigenvalue weighted by Gasteiger charge is -2.20. The summed E-state index contributed by atoms with van der Waals surface area (Å²) in [6.45, 7) is 9.77. The predicted molar refractivity (Wildman–Crippen MR) is 67.3 cm³/mol. The van der Waals surface area contributed by atoms with Gasteiger partial charge < -0.3 is 14.6 Å². The third-order valence-electron chi connectivity index (χ3n) is 2.99. The molecule has 0 spiro atoms. The molecule has 92 valence electrons. The first-order valence-corrected chi connectivity index (χ1v) is 6.02. The second-order valence-corrected chi connectivity index (χ2v) is 4.86. The van der Waals surface area contributed by atoms with E-state index in [1.165, 1.54) is 5.56 Å². The first-order valence-electron chi connectivity index (χ1n) is 6.02. The van der Waals surface area contributed by atoms with Crippen molar-refractivity contribution in [2.45, 2.75) is 33.4 Å². The minimum Gasteiger partial charge on any atom is -0.472 e. The summed E-state index contributed by atoms with van der Waals surface area (Å²) < 4.78 is 5.05. The molecule has 1 rings (SSSR count). The molecule has 1 aromatic heterocycles. The van der Waals surface area contributed by atoms with Crippen molar-refractivity contribution < 1.29 is 4.42 Å². The smallest absolute Gasteiger partial charge is 0.0947 e. The van der Waals surface area contributed by atoms with Crippen LogP contribution < -0.4 is 5.32 Å². The zero-order valence-corrected chi connectivity index (χ0v) is 10.9. The molecule has 0 radical (unpaired) electrons. The monoisotopic (exact) mass is 224 g/mol. The van der Waals surface area contributed by atoms with Gasteiger partial charge >= 0.3 is 0 Å². The predicted octanol–water partition coefficient (Wildman–Crippen LogP) is 2.35. The Bertz CT molecular complexity index is 269. The Morgan fingerprint density at radius 3 is 2.69 bits per heavy atom. The Morgan fingerprint density at radius 1 is 1.38 bits per heavy atom.